The van der Waals surface area contributed by atoms with E-state index in [0.717, 1.165) is 24.3 Å². The highest BCUT2D eigenvalue weighted by Gasteiger charge is 2.21. The third kappa shape index (κ3) is 5.00. The van der Waals surface area contributed by atoms with Crippen LogP contribution in [0.2, 0.25) is 0 Å². The van der Waals surface area contributed by atoms with Gasteiger partial charge in [-0.3, -0.25) is 4.79 Å². The summed E-state index contributed by atoms with van der Waals surface area (Å²) in [6, 6.07) is 7.33. The quantitative estimate of drug-likeness (QED) is 0.870. The molecule has 0 aromatic heterocycles. The summed E-state index contributed by atoms with van der Waals surface area (Å²) in [5, 5.41) is 2.92. The lowest BCUT2D eigenvalue weighted by Crippen LogP contribution is -2.28. The van der Waals surface area contributed by atoms with Crippen molar-refractivity contribution in [2.24, 2.45) is 11.7 Å². The number of ether oxygens (including phenoxy) is 2. The molecule has 1 amide bonds. The first-order valence-electron chi connectivity index (χ1n) is 6.61. The minimum Gasteiger partial charge on any atom is -0.492 e. The van der Waals surface area contributed by atoms with Gasteiger partial charge in [-0.15, -0.1) is 12.4 Å². The van der Waals surface area contributed by atoms with E-state index in [0.29, 0.717) is 26.4 Å². The highest BCUT2D eigenvalue weighted by atomic mass is 35.5. The number of benzene rings is 1. The van der Waals surface area contributed by atoms with Gasteiger partial charge in [0, 0.05) is 31.4 Å². The van der Waals surface area contributed by atoms with Gasteiger partial charge in [0.1, 0.15) is 12.4 Å². The summed E-state index contributed by atoms with van der Waals surface area (Å²) in [7, 11) is 0. The van der Waals surface area contributed by atoms with Crippen LogP contribution in [0.15, 0.2) is 24.3 Å². The number of rotatable bonds is 5. The van der Waals surface area contributed by atoms with E-state index < -0.39 is 0 Å². The number of nitrogens with one attached hydrogen (secondary N) is 1. The van der Waals surface area contributed by atoms with Crippen LogP contribution < -0.4 is 15.8 Å². The van der Waals surface area contributed by atoms with Crippen molar-refractivity contribution in [3.8, 4) is 5.75 Å². The Balaban J connectivity index is 0.00000200. The largest absolute Gasteiger partial charge is 0.492 e. The van der Waals surface area contributed by atoms with Gasteiger partial charge in [-0.25, -0.2) is 0 Å². The number of carbonyl (C=O) groups excluding carboxylic acids is 1. The predicted molar refractivity (Wildman–Crippen MR) is 80.4 cm³/mol. The molecule has 0 saturated carbocycles. The Labute approximate surface area is 125 Å². The summed E-state index contributed by atoms with van der Waals surface area (Å²) in [5.74, 6) is 0.885. The molecule has 0 radical (unpaired) electrons. The summed E-state index contributed by atoms with van der Waals surface area (Å²) in [4.78, 5) is 12.0. The van der Waals surface area contributed by atoms with E-state index in [1.54, 1.807) is 0 Å². The van der Waals surface area contributed by atoms with Gasteiger partial charge in [-0.05, 0) is 37.1 Å². The molecule has 5 nitrogen and oxygen atoms in total. The molecule has 0 atom stereocenters. The molecular weight excluding hydrogens is 280 g/mol. The smallest absolute Gasteiger partial charge is 0.227 e. The normalized spacial score (nSPS) is 15.2. The van der Waals surface area contributed by atoms with Gasteiger partial charge in [0.2, 0.25) is 5.91 Å². The molecule has 1 aromatic carbocycles. The maximum absolute atomic E-state index is 12.0. The lowest BCUT2D eigenvalue weighted by atomic mass is 9.99. The number of anilines is 1. The Morgan fingerprint density at radius 3 is 2.55 bits per heavy atom. The number of hydrogen-bond donors (Lipinski definition) is 2. The van der Waals surface area contributed by atoms with Crippen LogP contribution in [0.5, 0.6) is 5.75 Å². The van der Waals surface area contributed by atoms with Crippen LogP contribution in [0.4, 0.5) is 5.69 Å². The van der Waals surface area contributed by atoms with Crippen molar-refractivity contribution in [2.45, 2.75) is 12.8 Å². The molecule has 0 unspecified atom stereocenters. The van der Waals surface area contributed by atoms with Crippen LogP contribution in [-0.4, -0.2) is 32.3 Å². The SMILES string of the molecule is Cl.NCCOc1ccc(NC(=O)C2CCOCC2)cc1. The summed E-state index contributed by atoms with van der Waals surface area (Å²) in [5.41, 5.74) is 6.15. The number of carbonyl (C=O) groups is 1. The second-order valence-corrected chi connectivity index (χ2v) is 4.54. The average Bonchev–Trinajstić information content (AvgIpc) is 2.47. The molecule has 20 heavy (non-hydrogen) atoms. The minimum absolute atomic E-state index is 0. The highest BCUT2D eigenvalue weighted by Crippen LogP contribution is 2.19. The van der Waals surface area contributed by atoms with Crippen molar-refractivity contribution in [3.05, 3.63) is 24.3 Å². The van der Waals surface area contributed by atoms with Gasteiger partial charge < -0.3 is 20.5 Å². The molecule has 2 rings (SSSR count). The summed E-state index contributed by atoms with van der Waals surface area (Å²) in [6.45, 7) is 2.32. The van der Waals surface area contributed by atoms with E-state index in [2.05, 4.69) is 5.32 Å². The number of halogens is 1. The molecule has 1 saturated heterocycles. The van der Waals surface area contributed by atoms with Gasteiger partial charge in [-0.1, -0.05) is 0 Å². The maximum Gasteiger partial charge on any atom is 0.227 e. The van der Waals surface area contributed by atoms with Crippen molar-refractivity contribution in [3.63, 3.8) is 0 Å². The van der Waals surface area contributed by atoms with Crippen molar-refractivity contribution < 1.29 is 14.3 Å². The van der Waals surface area contributed by atoms with Crippen LogP contribution in [0.25, 0.3) is 0 Å². The number of amides is 1. The Morgan fingerprint density at radius 2 is 1.95 bits per heavy atom. The first-order chi connectivity index (χ1) is 9.29. The van der Waals surface area contributed by atoms with Crippen LogP contribution in [0.3, 0.4) is 0 Å². The van der Waals surface area contributed by atoms with Gasteiger partial charge in [-0.2, -0.15) is 0 Å². The van der Waals surface area contributed by atoms with Crippen LogP contribution in [0.1, 0.15) is 12.8 Å². The third-order valence-electron chi connectivity index (χ3n) is 3.10. The minimum atomic E-state index is 0. The zero-order valence-corrected chi connectivity index (χ0v) is 12.2. The highest BCUT2D eigenvalue weighted by molar-refractivity contribution is 5.92. The van der Waals surface area contributed by atoms with Gasteiger partial charge >= 0.3 is 0 Å². The summed E-state index contributed by atoms with van der Waals surface area (Å²) >= 11 is 0. The molecule has 6 heteroatoms. The second-order valence-electron chi connectivity index (χ2n) is 4.54. The first-order valence-corrected chi connectivity index (χ1v) is 6.61. The first kappa shape index (κ1) is 16.8. The van der Waals surface area contributed by atoms with Crippen LogP contribution in [-0.2, 0) is 9.53 Å². The van der Waals surface area contributed by atoms with E-state index in [1.807, 2.05) is 24.3 Å². The summed E-state index contributed by atoms with van der Waals surface area (Å²) in [6.07, 6.45) is 1.59. The molecule has 1 aliphatic rings. The topological polar surface area (TPSA) is 73.6 Å². The van der Waals surface area contributed by atoms with Gasteiger partial charge in [0.15, 0.2) is 0 Å². The molecule has 0 aliphatic carbocycles. The van der Waals surface area contributed by atoms with E-state index in [-0.39, 0.29) is 24.2 Å². The maximum atomic E-state index is 12.0. The average molecular weight is 301 g/mol. The standard InChI is InChI=1S/C14H20N2O3.ClH/c15-7-10-19-13-3-1-12(2-4-13)16-14(17)11-5-8-18-9-6-11;/h1-4,11H,5-10,15H2,(H,16,17);1H. The van der Waals surface area contributed by atoms with Gasteiger partial charge in [0.25, 0.3) is 0 Å². The molecule has 1 aromatic rings. The Kier molecular flexibility index (Phi) is 7.36. The molecule has 0 bridgehead atoms. The molecule has 1 heterocycles. The lowest BCUT2D eigenvalue weighted by molar-refractivity contribution is -0.122. The lowest BCUT2D eigenvalue weighted by Gasteiger charge is -2.21. The fraction of sp³-hybridized carbons (Fsp3) is 0.500. The van der Waals surface area contributed by atoms with Crippen molar-refractivity contribution in [1.29, 1.82) is 0 Å². The molecule has 3 N–H and O–H groups in total. The Bertz CT molecular complexity index is 405. The van der Waals surface area contributed by atoms with Crippen molar-refractivity contribution >= 4 is 24.0 Å². The van der Waals surface area contributed by atoms with E-state index in [4.69, 9.17) is 15.2 Å². The Hall–Kier alpha value is -1.30. The van der Waals surface area contributed by atoms with Crippen molar-refractivity contribution in [1.82, 2.24) is 0 Å². The van der Waals surface area contributed by atoms with Gasteiger partial charge in [0.05, 0.1) is 0 Å². The third-order valence-corrected chi connectivity index (χ3v) is 3.10. The van der Waals surface area contributed by atoms with E-state index in [1.165, 1.54) is 0 Å². The van der Waals surface area contributed by atoms with Crippen molar-refractivity contribution in [2.75, 3.05) is 31.7 Å². The predicted octanol–water partition coefficient (Wildman–Crippen LogP) is 1.81. The zero-order chi connectivity index (χ0) is 13.5. The second kappa shape index (κ2) is 8.79. The molecule has 1 aliphatic heterocycles. The molecule has 0 spiro atoms. The fourth-order valence-corrected chi connectivity index (χ4v) is 2.02. The monoisotopic (exact) mass is 300 g/mol. The number of hydrogen-bond acceptors (Lipinski definition) is 4. The summed E-state index contributed by atoms with van der Waals surface area (Å²) < 4.78 is 10.6. The Morgan fingerprint density at radius 1 is 1.30 bits per heavy atom. The fourth-order valence-electron chi connectivity index (χ4n) is 2.02. The molecular formula is C14H21ClN2O3. The molecule has 1 fully saturated rings. The van der Waals surface area contributed by atoms with E-state index in [9.17, 15) is 4.79 Å². The zero-order valence-electron chi connectivity index (χ0n) is 11.3. The van der Waals surface area contributed by atoms with Crippen LogP contribution in [0, 0.1) is 5.92 Å². The van der Waals surface area contributed by atoms with Crippen LogP contribution >= 0.6 is 12.4 Å². The molecule has 112 valence electrons. The van der Waals surface area contributed by atoms with E-state index >= 15 is 0 Å². The number of nitrogens with two attached hydrogens (primary N) is 1.